The zero-order valence-corrected chi connectivity index (χ0v) is 12.7. The Hall–Kier alpha value is -2.79. The summed E-state index contributed by atoms with van der Waals surface area (Å²) in [5.41, 5.74) is 0.989. The summed E-state index contributed by atoms with van der Waals surface area (Å²) in [7, 11) is 0. The van der Waals surface area contributed by atoms with Crippen LogP contribution in [0.25, 0.3) is 10.9 Å². The molecular formula is C17H13ClN2O3. The Morgan fingerprint density at radius 2 is 2.00 bits per heavy atom. The number of benzene rings is 2. The molecule has 1 heterocycles. The SMILES string of the molecule is O=C(Cn1ccc(=O)c2cc(Cl)ccc21)Nc1cccc(O)c1. The van der Waals surface area contributed by atoms with Crippen LogP contribution < -0.4 is 10.7 Å². The number of hydrogen-bond donors (Lipinski definition) is 2. The number of phenols is 1. The number of aromatic hydroxyl groups is 1. The number of amides is 1. The molecule has 3 aromatic rings. The van der Waals surface area contributed by atoms with Gasteiger partial charge in [-0.15, -0.1) is 0 Å². The summed E-state index contributed by atoms with van der Waals surface area (Å²) < 4.78 is 1.67. The molecule has 23 heavy (non-hydrogen) atoms. The highest BCUT2D eigenvalue weighted by atomic mass is 35.5. The summed E-state index contributed by atoms with van der Waals surface area (Å²) in [4.78, 5) is 24.1. The third-order valence-electron chi connectivity index (χ3n) is 3.38. The molecule has 0 atom stereocenters. The number of fused-ring (bicyclic) bond motifs is 1. The second-order valence-corrected chi connectivity index (χ2v) is 5.50. The maximum absolute atomic E-state index is 12.2. The lowest BCUT2D eigenvalue weighted by molar-refractivity contribution is -0.116. The lowest BCUT2D eigenvalue weighted by atomic mass is 10.2. The van der Waals surface area contributed by atoms with E-state index in [0.717, 1.165) is 0 Å². The molecule has 0 saturated carbocycles. The molecule has 0 aliphatic carbocycles. The molecule has 2 aromatic carbocycles. The van der Waals surface area contributed by atoms with E-state index in [1.54, 1.807) is 41.1 Å². The summed E-state index contributed by atoms with van der Waals surface area (Å²) >= 11 is 5.92. The molecule has 0 saturated heterocycles. The number of nitrogens with zero attached hydrogens (tertiary/aromatic N) is 1. The highest BCUT2D eigenvalue weighted by Crippen LogP contribution is 2.18. The second-order valence-electron chi connectivity index (χ2n) is 5.07. The van der Waals surface area contributed by atoms with Gasteiger partial charge in [0.2, 0.25) is 5.91 Å². The fraction of sp³-hybridized carbons (Fsp3) is 0.0588. The van der Waals surface area contributed by atoms with Crippen molar-refractivity contribution in [2.24, 2.45) is 0 Å². The van der Waals surface area contributed by atoms with Gasteiger partial charge in [-0.1, -0.05) is 17.7 Å². The fourth-order valence-corrected chi connectivity index (χ4v) is 2.53. The van der Waals surface area contributed by atoms with Crippen molar-refractivity contribution in [1.29, 1.82) is 0 Å². The molecule has 0 spiro atoms. The van der Waals surface area contributed by atoms with E-state index in [-0.39, 0.29) is 23.6 Å². The number of carbonyl (C=O) groups excluding carboxylic acids is 1. The van der Waals surface area contributed by atoms with Crippen molar-refractivity contribution < 1.29 is 9.90 Å². The van der Waals surface area contributed by atoms with Crippen LogP contribution in [-0.4, -0.2) is 15.6 Å². The van der Waals surface area contributed by atoms with Crippen LogP contribution in [0.3, 0.4) is 0 Å². The normalized spacial score (nSPS) is 10.7. The van der Waals surface area contributed by atoms with E-state index in [1.807, 2.05) is 0 Å². The first-order valence-corrected chi connectivity index (χ1v) is 7.28. The van der Waals surface area contributed by atoms with Gasteiger partial charge in [-0.2, -0.15) is 0 Å². The van der Waals surface area contributed by atoms with E-state index in [1.165, 1.54) is 18.2 Å². The zero-order valence-electron chi connectivity index (χ0n) is 12.0. The van der Waals surface area contributed by atoms with Crippen molar-refractivity contribution in [2.45, 2.75) is 6.54 Å². The number of phenolic OH excluding ortho intramolecular Hbond substituents is 1. The van der Waals surface area contributed by atoms with Gasteiger partial charge in [-0.3, -0.25) is 9.59 Å². The Labute approximate surface area is 136 Å². The summed E-state index contributed by atoms with van der Waals surface area (Å²) in [6.07, 6.45) is 1.57. The van der Waals surface area contributed by atoms with Crippen LogP contribution in [0.5, 0.6) is 5.75 Å². The van der Waals surface area contributed by atoms with Gasteiger partial charge in [-0.25, -0.2) is 0 Å². The Morgan fingerprint density at radius 3 is 2.78 bits per heavy atom. The number of nitrogens with one attached hydrogen (secondary N) is 1. The molecule has 3 rings (SSSR count). The predicted molar refractivity (Wildman–Crippen MR) is 90.0 cm³/mol. The quantitative estimate of drug-likeness (QED) is 0.776. The first kappa shape index (κ1) is 15.1. The molecule has 116 valence electrons. The van der Waals surface area contributed by atoms with E-state index >= 15 is 0 Å². The fourth-order valence-electron chi connectivity index (χ4n) is 2.36. The van der Waals surface area contributed by atoms with Gasteiger partial charge in [0.15, 0.2) is 5.43 Å². The molecule has 6 heteroatoms. The van der Waals surface area contributed by atoms with Crippen molar-refractivity contribution >= 4 is 34.1 Å². The molecule has 0 aliphatic rings. The maximum atomic E-state index is 12.2. The van der Waals surface area contributed by atoms with Crippen LogP contribution in [0.4, 0.5) is 5.69 Å². The van der Waals surface area contributed by atoms with Crippen LogP contribution in [0, 0.1) is 0 Å². The van der Waals surface area contributed by atoms with Crippen LogP contribution in [0.1, 0.15) is 0 Å². The number of pyridine rings is 1. The van der Waals surface area contributed by atoms with Gasteiger partial charge in [0.25, 0.3) is 0 Å². The number of rotatable bonds is 3. The van der Waals surface area contributed by atoms with Gasteiger partial charge in [-0.05, 0) is 30.3 Å². The molecule has 1 amide bonds. The molecule has 0 bridgehead atoms. The van der Waals surface area contributed by atoms with Gasteiger partial charge in [0.05, 0.1) is 5.52 Å². The minimum atomic E-state index is -0.268. The Bertz CT molecular complexity index is 950. The van der Waals surface area contributed by atoms with Crippen molar-refractivity contribution in [3.63, 3.8) is 0 Å². The summed E-state index contributed by atoms with van der Waals surface area (Å²) in [6.45, 7) is 0.0358. The number of aromatic nitrogens is 1. The standard InChI is InChI=1S/C17H13ClN2O3/c18-11-4-5-15-14(8-11)16(22)6-7-20(15)10-17(23)19-12-2-1-3-13(21)9-12/h1-9,21H,10H2,(H,19,23). The molecule has 5 nitrogen and oxygen atoms in total. The molecular weight excluding hydrogens is 316 g/mol. The summed E-state index contributed by atoms with van der Waals surface area (Å²) in [5.74, 6) is -0.193. The topological polar surface area (TPSA) is 71.3 Å². The molecule has 0 aliphatic heterocycles. The average Bonchev–Trinajstić information content (AvgIpc) is 2.50. The first-order chi connectivity index (χ1) is 11.0. The van der Waals surface area contributed by atoms with Crippen molar-refractivity contribution in [1.82, 2.24) is 4.57 Å². The average molecular weight is 329 g/mol. The Morgan fingerprint density at radius 1 is 1.17 bits per heavy atom. The van der Waals surface area contributed by atoms with E-state index in [9.17, 15) is 14.7 Å². The smallest absolute Gasteiger partial charge is 0.244 e. The third-order valence-corrected chi connectivity index (χ3v) is 3.62. The van der Waals surface area contributed by atoms with Gasteiger partial charge in [0, 0.05) is 34.4 Å². The minimum absolute atomic E-state index is 0.0358. The van der Waals surface area contributed by atoms with E-state index < -0.39 is 0 Å². The van der Waals surface area contributed by atoms with Crippen molar-refractivity contribution in [3.8, 4) is 5.75 Å². The first-order valence-electron chi connectivity index (χ1n) is 6.90. The second kappa shape index (κ2) is 6.14. The highest BCUT2D eigenvalue weighted by Gasteiger charge is 2.08. The lowest BCUT2D eigenvalue weighted by Gasteiger charge is -2.11. The number of halogens is 1. The largest absolute Gasteiger partial charge is 0.508 e. The van der Waals surface area contributed by atoms with Gasteiger partial charge >= 0.3 is 0 Å². The lowest BCUT2D eigenvalue weighted by Crippen LogP contribution is -2.20. The summed E-state index contributed by atoms with van der Waals surface area (Å²) in [6, 6.07) is 12.7. The van der Waals surface area contributed by atoms with Crippen LogP contribution in [-0.2, 0) is 11.3 Å². The minimum Gasteiger partial charge on any atom is -0.508 e. The van der Waals surface area contributed by atoms with Crippen LogP contribution >= 0.6 is 11.6 Å². The van der Waals surface area contributed by atoms with E-state index in [0.29, 0.717) is 21.6 Å². The number of hydrogen-bond acceptors (Lipinski definition) is 3. The predicted octanol–water partition coefficient (Wildman–Crippen LogP) is 3.00. The Balaban J connectivity index is 1.88. The maximum Gasteiger partial charge on any atom is 0.244 e. The number of carbonyl (C=O) groups is 1. The van der Waals surface area contributed by atoms with Gasteiger partial charge < -0.3 is 15.0 Å². The third kappa shape index (κ3) is 3.35. The van der Waals surface area contributed by atoms with E-state index in [4.69, 9.17) is 11.6 Å². The van der Waals surface area contributed by atoms with E-state index in [2.05, 4.69) is 5.32 Å². The Kier molecular flexibility index (Phi) is 4.04. The van der Waals surface area contributed by atoms with Crippen LogP contribution in [0.2, 0.25) is 5.02 Å². The van der Waals surface area contributed by atoms with Crippen molar-refractivity contribution in [2.75, 3.05) is 5.32 Å². The highest BCUT2D eigenvalue weighted by molar-refractivity contribution is 6.31. The van der Waals surface area contributed by atoms with Crippen LogP contribution in [0.15, 0.2) is 59.5 Å². The molecule has 1 aromatic heterocycles. The van der Waals surface area contributed by atoms with Gasteiger partial charge in [0.1, 0.15) is 12.3 Å². The molecule has 2 N–H and O–H groups in total. The zero-order chi connectivity index (χ0) is 16.4. The summed E-state index contributed by atoms with van der Waals surface area (Å²) in [5, 5.41) is 13.0. The molecule has 0 radical (unpaired) electrons. The molecule has 0 fully saturated rings. The van der Waals surface area contributed by atoms with Crippen molar-refractivity contribution in [3.05, 3.63) is 70.0 Å². The molecule has 0 unspecified atom stereocenters. The number of anilines is 1. The monoisotopic (exact) mass is 328 g/mol.